The van der Waals surface area contributed by atoms with Gasteiger partial charge in [0, 0.05) is 6.26 Å². The van der Waals surface area contributed by atoms with Crippen molar-refractivity contribution < 1.29 is 13.2 Å². The molecule has 0 radical (unpaired) electrons. The van der Waals surface area contributed by atoms with Crippen LogP contribution in [0.4, 0.5) is 0 Å². The Balaban J connectivity index is 2.17. The van der Waals surface area contributed by atoms with Crippen LogP contribution in [0.3, 0.4) is 0 Å². The number of benzene rings is 1. The molecule has 2 N–H and O–H groups in total. The number of nitrogens with zero attached hydrogens (tertiary/aromatic N) is 1. The molecule has 0 aromatic heterocycles. The predicted molar refractivity (Wildman–Crippen MR) is 88.8 cm³/mol. The van der Waals surface area contributed by atoms with E-state index in [4.69, 9.17) is 5.41 Å². The van der Waals surface area contributed by atoms with Crippen molar-refractivity contribution >= 4 is 21.7 Å². The Morgan fingerprint density at radius 2 is 1.83 bits per heavy atom. The second kappa shape index (κ2) is 5.96. The first kappa shape index (κ1) is 17.5. The van der Waals surface area contributed by atoms with E-state index in [-0.39, 0.29) is 23.3 Å². The summed E-state index contributed by atoms with van der Waals surface area (Å²) in [5.74, 6) is 0.298. The van der Waals surface area contributed by atoms with Crippen molar-refractivity contribution in [2.24, 2.45) is 5.92 Å². The molecule has 23 heavy (non-hydrogen) atoms. The van der Waals surface area contributed by atoms with Crippen LogP contribution >= 0.6 is 0 Å². The van der Waals surface area contributed by atoms with Gasteiger partial charge in [-0.2, -0.15) is 0 Å². The topological polar surface area (TPSA) is 90.3 Å². The number of hydrogen-bond acceptors (Lipinski definition) is 4. The van der Waals surface area contributed by atoms with E-state index in [9.17, 15) is 13.2 Å². The Bertz CT molecular complexity index is 725. The highest BCUT2D eigenvalue weighted by Gasteiger charge is 2.45. The average molecular weight is 337 g/mol. The van der Waals surface area contributed by atoms with Crippen molar-refractivity contribution in [2.45, 2.75) is 44.2 Å². The van der Waals surface area contributed by atoms with Crippen molar-refractivity contribution in [1.29, 1.82) is 5.41 Å². The monoisotopic (exact) mass is 337 g/mol. The molecule has 0 aliphatic carbocycles. The second-order valence-corrected chi connectivity index (χ2v) is 8.73. The molecule has 7 heteroatoms. The Kier molecular flexibility index (Phi) is 4.52. The molecule has 2 rings (SSSR count). The lowest BCUT2D eigenvalue weighted by molar-refractivity contribution is -0.131. The first-order valence-electron chi connectivity index (χ1n) is 7.50. The van der Waals surface area contributed by atoms with Gasteiger partial charge in [-0.05, 0) is 37.0 Å². The van der Waals surface area contributed by atoms with Gasteiger partial charge in [-0.15, -0.1) is 0 Å². The van der Waals surface area contributed by atoms with E-state index in [0.29, 0.717) is 12.3 Å². The number of carbonyl (C=O) groups is 1. The van der Waals surface area contributed by atoms with Gasteiger partial charge in [0.15, 0.2) is 15.8 Å². The fraction of sp³-hybridized carbons (Fsp3) is 0.500. The molecular weight excluding hydrogens is 314 g/mol. The van der Waals surface area contributed by atoms with Crippen LogP contribution in [-0.2, 0) is 21.2 Å². The van der Waals surface area contributed by atoms with Gasteiger partial charge in [0.2, 0.25) is 0 Å². The maximum absolute atomic E-state index is 12.6. The number of carbonyl (C=O) groups excluding carboxylic acids is 1. The zero-order chi connectivity index (χ0) is 17.4. The van der Waals surface area contributed by atoms with Crippen molar-refractivity contribution in [2.75, 3.05) is 6.26 Å². The van der Waals surface area contributed by atoms with E-state index < -0.39 is 15.4 Å². The number of rotatable bonds is 5. The van der Waals surface area contributed by atoms with Crippen molar-refractivity contribution in [3.05, 3.63) is 29.8 Å². The maximum Gasteiger partial charge on any atom is 0.255 e. The summed E-state index contributed by atoms with van der Waals surface area (Å²) in [5.41, 5.74) is 0.0314. The molecule has 1 aromatic carbocycles. The maximum atomic E-state index is 12.6. The SMILES string of the molecule is CC(C)CC1(C)NC(=N)N(Cc2ccc(S(C)(=O)=O)cc2)C1=O. The van der Waals surface area contributed by atoms with E-state index in [1.807, 2.05) is 20.8 Å². The first-order valence-corrected chi connectivity index (χ1v) is 9.40. The fourth-order valence-corrected chi connectivity index (χ4v) is 3.54. The van der Waals surface area contributed by atoms with E-state index in [0.717, 1.165) is 11.8 Å². The number of nitrogens with one attached hydrogen (secondary N) is 2. The van der Waals surface area contributed by atoms with Crippen LogP contribution in [0.15, 0.2) is 29.2 Å². The molecule has 6 nitrogen and oxygen atoms in total. The lowest BCUT2D eigenvalue weighted by Crippen LogP contribution is -2.44. The summed E-state index contributed by atoms with van der Waals surface area (Å²) >= 11 is 0. The zero-order valence-corrected chi connectivity index (χ0v) is 14.7. The van der Waals surface area contributed by atoms with Crippen LogP contribution in [0, 0.1) is 11.3 Å². The number of hydrogen-bond donors (Lipinski definition) is 2. The van der Waals surface area contributed by atoms with Crippen LogP contribution < -0.4 is 5.32 Å². The van der Waals surface area contributed by atoms with E-state index in [1.54, 1.807) is 12.1 Å². The van der Waals surface area contributed by atoms with Gasteiger partial charge in [-0.1, -0.05) is 26.0 Å². The number of guanidine groups is 1. The summed E-state index contributed by atoms with van der Waals surface area (Å²) in [6.45, 7) is 6.14. The minimum absolute atomic E-state index is 0.0883. The van der Waals surface area contributed by atoms with Gasteiger partial charge in [-0.3, -0.25) is 15.1 Å². The fourth-order valence-electron chi connectivity index (χ4n) is 2.91. The summed E-state index contributed by atoms with van der Waals surface area (Å²) in [5, 5.41) is 11.0. The van der Waals surface area contributed by atoms with Gasteiger partial charge in [0.1, 0.15) is 5.54 Å². The highest BCUT2D eigenvalue weighted by molar-refractivity contribution is 7.90. The highest BCUT2D eigenvalue weighted by atomic mass is 32.2. The smallest absolute Gasteiger partial charge is 0.255 e. The lowest BCUT2D eigenvalue weighted by atomic mass is 9.91. The third-order valence-electron chi connectivity index (χ3n) is 3.89. The molecule has 1 aliphatic rings. The second-order valence-electron chi connectivity index (χ2n) is 6.71. The Morgan fingerprint density at radius 1 is 1.26 bits per heavy atom. The van der Waals surface area contributed by atoms with E-state index in [2.05, 4.69) is 5.32 Å². The zero-order valence-electron chi connectivity index (χ0n) is 13.9. The molecule has 1 saturated heterocycles. The summed E-state index contributed by atoms with van der Waals surface area (Å²) in [7, 11) is -3.24. The lowest BCUT2D eigenvalue weighted by Gasteiger charge is -2.24. The molecule has 1 unspecified atom stereocenters. The highest BCUT2D eigenvalue weighted by Crippen LogP contribution is 2.26. The third kappa shape index (κ3) is 3.72. The van der Waals surface area contributed by atoms with Crippen molar-refractivity contribution in [1.82, 2.24) is 10.2 Å². The van der Waals surface area contributed by atoms with Crippen LogP contribution in [0.5, 0.6) is 0 Å². The van der Waals surface area contributed by atoms with Gasteiger partial charge < -0.3 is 5.32 Å². The first-order chi connectivity index (χ1) is 10.5. The Morgan fingerprint density at radius 3 is 2.30 bits per heavy atom. The Hall–Kier alpha value is -1.89. The predicted octanol–water partition coefficient (Wildman–Crippen LogP) is 1.76. The largest absolute Gasteiger partial charge is 0.342 e. The average Bonchev–Trinajstić information content (AvgIpc) is 2.61. The summed E-state index contributed by atoms with van der Waals surface area (Å²) in [6.07, 6.45) is 1.81. The molecule has 0 saturated carbocycles. The molecule has 1 heterocycles. The van der Waals surface area contributed by atoms with Gasteiger partial charge >= 0.3 is 0 Å². The summed E-state index contributed by atoms with van der Waals surface area (Å²) in [4.78, 5) is 14.3. The molecule has 126 valence electrons. The van der Waals surface area contributed by atoms with E-state index >= 15 is 0 Å². The quantitative estimate of drug-likeness (QED) is 0.856. The summed E-state index contributed by atoms with van der Waals surface area (Å²) < 4.78 is 22.9. The van der Waals surface area contributed by atoms with E-state index in [1.165, 1.54) is 17.0 Å². The molecule has 0 spiro atoms. The van der Waals surface area contributed by atoms with Crippen molar-refractivity contribution in [3.63, 3.8) is 0 Å². The third-order valence-corrected chi connectivity index (χ3v) is 5.02. The van der Waals surface area contributed by atoms with Gasteiger partial charge in [-0.25, -0.2) is 8.42 Å². The number of sulfone groups is 1. The minimum Gasteiger partial charge on any atom is -0.342 e. The van der Waals surface area contributed by atoms with Gasteiger partial charge in [0.25, 0.3) is 5.91 Å². The normalized spacial score (nSPS) is 21.9. The molecule has 1 aromatic rings. The van der Waals surface area contributed by atoms with Crippen molar-refractivity contribution in [3.8, 4) is 0 Å². The van der Waals surface area contributed by atoms with Crippen LogP contribution in [0.25, 0.3) is 0 Å². The molecule has 0 bridgehead atoms. The molecule has 1 amide bonds. The van der Waals surface area contributed by atoms with Crippen LogP contribution in [0.2, 0.25) is 0 Å². The molecule has 1 aliphatic heterocycles. The molecule has 1 fully saturated rings. The minimum atomic E-state index is -3.24. The molecular formula is C16H23N3O3S. The van der Waals surface area contributed by atoms with Gasteiger partial charge in [0.05, 0.1) is 11.4 Å². The van der Waals surface area contributed by atoms with Crippen LogP contribution in [0.1, 0.15) is 32.8 Å². The molecule has 1 atom stereocenters. The Labute approximate surface area is 137 Å². The van der Waals surface area contributed by atoms with Crippen LogP contribution in [-0.4, -0.2) is 37.0 Å². The number of amides is 1. The summed E-state index contributed by atoms with van der Waals surface area (Å²) in [6, 6.07) is 6.40. The standard InChI is InChI=1S/C16H23N3O3S/c1-11(2)9-16(3)14(20)19(15(17)18-16)10-12-5-7-13(8-6-12)23(4,21)22/h5-8,11H,9-10H2,1-4H3,(H2,17,18).